The molecule has 1 aromatic carbocycles. The van der Waals surface area contributed by atoms with Gasteiger partial charge in [0.1, 0.15) is 23.2 Å². The van der Waals surface area contributed by atoms with Gasteiger partial charge in [-0.15, -0.1) is 0 Å². The zero-order chi connectivity index (χ0) is 20.6. The van der Waals surface area contributed by atoms with Gasteiger partial charge in [-0.3, -0.25) is 4.79 Å². The van der Waals surface area contributed by atoms with Crippen LogP contribution in [0.25, 0.3) is 11.1 Å². The Kier molecular flexibility index (Phi) is 4.73. The number of nitrogens with one attached hydrogen (secondary N) is 1. The molecule has 150 valence electrons. The van der Waals surface area contributed by atoms with Crippen molar-refractivity contribution in [2.24, 2.45) is 0 Å². The number of hydrogen-bond donors (Lipinski definition) is 1. The zero-order valence-electron chi connectivity index (χ0n) is 14.9. The summed E-state index contributed by atoms with van der Waals surface area (Å²) in [5.41, 5.74) is 0.862. The lowest BCUT2D eigenvalue weighted by Crippen LogP contribution is -2.56. The average Bonchev–Trinajstić information content (AvgIpc) is 3.14. The van der Waals surface area contributed by atoms with Crippen molar-refractivity contribution in [1.82, 2.24) is 14.9 Å². The minimum atomic E-state index is -4.57. The molecule has 0 atom stereocenters. The molecular weight excluding hydrogens is 390 g/mol. The molecule has 5 nitrogen and oxygen atoms in total. The molecule has 1 N–H and O–H groups in total. The first kappa shape index (κ1) is 19.0. The van der Waals surface area contributed by atoms with E-state index in [4.69, 9.17) is 4.74 Å². The second-order valence-electron chi connectivity index (χ2n) is 6.61. The van der Waals surface area contributed by atoms with Gasteiger partial charge in [-0.2, -0.15) is 13.2 Å². The largest absolute Gasteiger partial charge is 0.470 e. The van der Waals surface area contributed by atoms with Crippen LogP contribution in [0.4, 0.5) is 17.6 Å². The van der Waals surface area contributed by atoms with Gasteiger partial charge < -0.3 is 14.6 Å². The summed E-state index contributed by atoms with van der Waals surface area (Å²) in [7, 11) is 0. The number of ether oxygens (including phenoxy) is 1. The third-order valence-electron chi connectivity index (χ3n) is 4.58. The molecule has 0 radical (unpaired) electrons. The number of halogens is 4. The van der Waals surface area contributed by atoms with E-state index in [0.29, 0.717) is 5.69 Å². The molecule has 3 aromatic rings. The van der Waals surface area contributed by atoms with Crippen LogP contribution in [0.3, 0.4) is 0 Å². The molecule has 0 unspecified atom stereocenters. The molecule has 1 aliphatic rings. The van der Waals surface area contributed by atoms with E-state index in [-0.39, 0.29) is 24.8 Å². The maximum Gasteiger partial charge on any atom is 0.421 e. The molecule has 0 aliphatic carbocycles. The standard InChI is InChI=1S/C20H15F4N3O2/c21-14-5-3-12(4-6-14)13-8-17(26-9-13)19(28)27-10-15(11-27)29-18-16(20(22,23)24)2-1-7-25-18/h1-9,15,26H,10-11H2. The first-order chi connectivity index (χ1) is 13.8. The van der Waals surface area contributed by atoms with Crippen LogP contribution in [0.15, 0.2) is 54.9 Å². The van der Waals surface area contributed by atoms with Crippen LogP contribution in [0.5, 0.6) is 5.88 Å². The van der Waals surface area contributed by atoms with Gasteiger partial charge in [0.25, 0.3) is 5.91 Å². The minimum Gasteiger partial charge on any atom is -0.470 e. The molecule has 1 aliphatic heterocycles. The van der Waals surface area contributed by atoms with Gasteiger partial charge in [-0.05, 0) is 41.5 Å². The summed E-state index contributed by atoms with van der Waals surface area (Å²) < 4.78 is 57.4. The first-order valence-electron chi connectivity index (χ1n) is 8.74. The van der Waals surface area contributed by atoms with Crippen LogP contribution in [-0.4, -0.2) is 40.0 Å². The monoisotopic (exact) mass is 405 g/mol. The number of hydrogen-bond acceptors (Lipinski definition) is 3. The van der Waals surface area contributed by atoms with E-state index in [1.54, 1.807) is 24.4 Å². The molecule has 4 rings (SSSR count). The zero-order valence-corrected chi connectivity index (χ0v) is 14.9. The van der Waals surface area contributed by atoms with E-state index < -0.39 is 23.7 Å². The first-order valence-corrected chi connectivity index (χ1v) is 8.74. The Bertz CT molecular complexity index is 1020. The Morgan fingerprint density at radius 3 is 2.55 bits per heavy atom. The normalized spacial score (nSPS) is 14.6. The van der Waals surface area contributed by atoms with E-state index in [2.05, 4.69) is 9.97 Å². The van der Waals surface area contributed by atoms with E-state index in [1.807, 2.05) is 0 Å². The number of H-pyrrole nitrogens is 1. The van der Waals surface area contributed by atoms with Gasteiger partial charge in [0.05, 0.1) is 13.1 Å². The molecular formula is C20H15F4N3O2. The fourth-order valence-electron chi connectivity index (χ4n) is 3.03. The second-order valence-corrected chi connectivity index (χ2v) is 6.61. The van der Waals surface area contributed by atoms with Crippen molar-refractivity contribution in [3.05, 3.63) is 71.9 Å². The summed E-state index contributed by atoms with van der Waals surface area (Å²) >= 11 is 0. The SMILES string of the molecule is O=C(c1cc(-c2ccc(F)cc2)c[nH]1)N1CC(Oc2ncccc2C(F)(F)F)C1. The average molecular weight is 405 g/mol. The van der Waals surface area contributed by atoms with Crippen molar-refractivity contribution in [2.45, 2.75) is 12.3 Å². The van der Waals surface area contributed by atoms with Crippen molar-refractivity contribution < 1.29 is 27.1 Å². The third-order valence-corrected chi connectivity index (χ3v) is 4.58. The van der Waals surface area contributed by atoms with Crippen molar-refractivity contribution in [1.29, 1.82) is 0 Å². The molecule has 0 bridgehead atoms. The molecule has 9 heteroatoms. The molecule has 29 heavy (non-hydrogen) atoms. The van der Waals surface area contributed by atoms with Crippen molar-refractivity contribution in [3.8, 4) is 17.0 Å². The van der Waals surface area contributed by atoms with Crippen LogP contribution in [-0.2, 0) is 6.18 Å². The third kappa shape index (κ3) is 3.94. The van der Waals surface area contributed by atoms with Crippen molar-refractivity contribution in [3.63, 3.8) is 0 Å². The molecule has 2 aromatic heterocycles. The van der Waals surface area contributed by atoms with Gasteiger partial charge >= 0.3 is 6.18 Å². The highest BCUT2D eigenvalue weighted by molar-refractivity contribution is 5.94. The molecule has 1 saturated heterocycles. The van der Waals surface area contributed by atoms with Crippen LogP contribution < -0.4 is 4.74 Å². The summed E-state index contributed by atoms with van der Waals surface area (Å²) in [6.07, 6.45) is -2.27. The summed E-state index contributed by atoms with van der Waals surface area (Å²) in [6.45, 7) is 0.301. The van der Waals surface area contributed by atoms with Crippen LogP contribution >= 0.6 is 0 Å². The lowest BCUT2D eigenvalue weighted by atomic mass is 10.1. The minimum absolute atomic E-state index is 0.150. The summed E-state index contributed by atoms with van der Waals surface area (Å²) in [6, 6.07) is 9.60. The Morgan fingerprint density at radius 2 is 1.86 bits per heavy atom. The number of likely N-dealkylation sites (tertiary alicyclic amines) is 1. The smallest absolute Gasteiger partial charge is 0.421 e. The van der Waals surface area contributed by atoms with Crippen LogP contribution in [0.2, 0.25) is 0 Å². The Morgan fingerprint density at radius 1 is 1.14 bits per heavy atom. The van der Waals surface area contributed by atoms with Gasteiger partial charge in [0.2, 0.25) is 5.88 Å². The lowest BCUT2D eigenvalue weighted by molar-refractivity contribution is -0.140. The van der Waals surface area contributed by atoms with Crippen molar-refractivity contribution >= 4 is 5.91 Å². The predicted octanol–water partition coefficient (Wildman–Crippen LogP) is 4.14. The van der Waals surface area contributed by atoms with Gasteiger partial charge in [-0.1, -0.05) is 12.1 Å². The number of aromatic amines is 1. The van der Waals surface area contributed by atoms with Gasteiger partial charge in [-0.25, -0.2) is 9.37 Å². The number of benzene rings is 1. The summed E-state index contributed by atoms with van der Waals surface area (Å²) in [5, 5.41) is 0. The van der Waals surface area contributed by atoms with Crippen LogP contribution in [0.1, 0.15) is 16.1 Å². The number of amides is 1. The Balaban J connectivity index is 1.38. The topological polar surface area (TPSA) is 58.2 Å². The number of alkyl halides is 3. The number of carbonyl (C=O) groups excluding carboxylic acids is 1. The number of carbonyl (C=O) groups is 1. The summed E-state index contributed by atoms with van der Waals surface area (Å²) in [4.78, 5) is 20.5. The number of aromatic nitrogens is 2. The Labute approximate surface area is 162 Å². The lowest BCUT2D eigenvalue weighted by Gasteiger charge is -2.38. The van der Waals surface area contributed by atoms with Gasteiger partial charge in [0, 0.05) is 12.4 Å². The number of rotatable bonds is 4. The summed E-state index contributed by atoms with van der Waals surface area (Å²) in [5.74, 6) is -1.14. The molecule has 0 spiro atoms. The quantitative estimate of drug-likeness (QED) is 0.664. The molecule has 1 amide bonds. The highest BCUT2D eigenvalue weighted by atomic mass is 19.4. The molecule has 1 fully saturated rings. The highest BCUT2D eigenvalue weighted by Crippen LogP contribution is 2.35. The fraction of sp³-hybridized carbons (Fsp3) is 0.200. The molecule has 0 saturated carbocycles. The van der Waals surface area contributed by atoms with E-state index in [0.717, 1.165) is 17.2 Å². The maximum absolute atomic E-state index is 13.0. The predicted molar refractivity (Wildman–Crippen MR) is 95.7 cm³/mol. The van der Waals surface area contributed by atoms with Gasteiger partial charge in [0.15, 0.2) is 0 Å². The van der Waals surface area contributed by atoms with Crippen molar-refractivity contribution in [2.75, 3.05) is 13.1 Å². The fourth-order valence-corrected chi connectivity index (χ4v) is 3.03. The van der Waals surface area contributed by atoms with Crippen LogP contribution in [0, 0.1) is 5.82 Å². The van der Waals surface area contributed by atoms with E-state index >= 15 is 0 Å². The highest BCUT2D eigenvalue weighted by Gasteiger charge is 2.38. The Hall–Kier alpha value is -3.36. The van der Waals surface area contributed by atoms with E-state index in [9.17, 15) is 22.4 Å². The second kappa shape index (κ2) is 7.23. The molecule has 3 heterocycles. The van der Waals surface area contributed by atoms with E-state index in [1.165, 1.54) is 29.3 Å². The number of pyridine rings is 1. The number of nitrogens with zero attached hydrogens (tertiary/aromatic N) is 2. The maximum atomic E-state index is 13.0.